The third-order valence-corrected chi connectivity index (χ3v) is 13.6. The van der Waals surface area contributed by atoms with Gasteiger partial charge >= 0.3 is 17.9 Å². The number of nitrogens with zero attached hydrogens (tertiary/aromatic N) is 4. The molecule has 0 spiro atoms. The van der Waals surface area contributed by atoms with Gasteiger partial charge in [-0.3, -0.25) is 34.6 Å². The number of aliphatic carboxylic acids is 3. The second-order valence-corrected chi connectivity index (χ2v) is 17.5. The van der Waals surface area contributed by atoms with Gasteiger partial charge < -0.3 is 31.3 Å². The molecule has 9 rings (SSSR count). The summed E-state index contributed by atoms with van der Waals surface area (Å²) in [6.07, 6.45) is 3.91. The van der Waals surface area contributed by atoms with E-state index in [0.29, 0.717) is 38.9 Å². The molecule has 320 valence electrons. The smallest absolute Gasteiger partial charge is 0.307 e. The van der Waals surface area contributed by atoms with Gasteiger partial charge in [0.1, 0.15) is 0 Å². The zero-order chi connectivity index (χ0) is 42.0. The molecule has 61 heavy (non-hydrogen) atoms. The molecule has 3 aliphatic rings. The average Bonchev–Trinajstić information content (AvgIpc) is 4.11. The monoisotopic (exact) mass is 830 g/mol. The van der Waals surface area contributed by atoms with Crippen molar-refractivity contribution in [3.63, 3.8) is 0 Å². The summed E-state index contributed by atoms with van der Waals surface area (Å²) < 4.78 is 0. The van der Waals surface area contributed by atoms with E-state index < -0.39 is 35.7 Å². The molecule has 0 radical (unpaired) electrons. The van der Waals surface area contributed by atoms with E-state index in [1.165, 1.54) is 0 Å². The largest absolute Gasteiger partial charge is 0.481 e. The third kappa shape index (κ3) is 8.89. The predicted molar refractivity (Wildman–Crippen MR) is 229 cm³/mol. The number of hydrogen-bond donors (Lipinski definition) is 9. The Bertz CT molecular complexity index is 2250. The summed E-state index contributed by atoms with van der Waals surface area (Å²) in [5, 5.41) is 66.9. The van der Waals surface area contributed by atoms with Crippen LogP contribution in [0, 0.1) is 35.5 Å². The highest BCUT2D eigenvalue weighted by Crippen LogP contribution is 2.31. The van der Waals surface area contributed by atoms with Crippen molar-refractivity contribution in [2.75, 3.05) is 39.3 Å². The number of hydrogen-bond acceptors (Lipinski definition) is 10. The van der Waals surface area contributed by atoms with Crippen LogP contribution in [0.25, 0.3) is 32.7 Å². The van der Waals surface area contributed by atoms with E-state index in [1.54, 1.807) is 0 Å². The fourth-order valence-electron chi connectivity index (χ4n) is 10.1. The van der Waals surface area contributed by atoms with Crippen LogP contribution in [-0.4, -0.2) is 108 Å². The number of aromatic nitrogens is 6. The fraction of sp³-hybridized carbons (Fsp3) is 0.467. The van der Waals surface area contributed by atoms with E-state index in [4.69, 9.17) is 15.3 Å². The zero-order valence-electron chi connectivity index (χ0n) is 34.1. The van der Waals surface area contributed by atoms with Crippen LogP contribution in [-0.2, 0) is 53.3 Å². The highest BCUT2D eigenvalue weighted by Gasteiger charge is 2.33. The van der Waals surface area contributed by atoms with Gasteiger partial charge in [-0.15, -0.1) is 0 Å². The highest BCUT2D eigenvalue weighted by atomic mass is 16.4. The zero-order valence-corrected chi connectivity index (χ0v) is 34.1. The predicted octanol–water partition coefficient (Wildman–Crippen LogP) is 4.08. The third-order valence-electron chi connectivity index (χ3n) is 13.6. The van der Waals surface area contributed by atoms with Gasteiger partial charge in [-0.05, 0) is 130 Å². The molecule has 6 unspecified atom stereocenters. The van der Waals surface area contributed by atoms with Crippen molar-refractivity contribution >= 4 is 50.6 Å². The summed E-state index contributed by atoms with van der Waals surface area (Å²) in [6, 6.07) is 18.2. The molecular weight excluding hydrogens is 777 g/mol. The Morgan fingerprint density at radius 1 is 0.525 bits per heavy atom. The molecule has 3 fully saturated rings. The lowest BCUT2D eigenvalue weighted by molar-refractivity contribution is -0.144. The SMILES string of the molecule is O=C(O)C(Cc1ccc2c(CN(Cc3n[nH]c4cc(CC(C(=O)O)C5CCNC5)ccc34)Cc3n[nH]c4cc(CC(C(=O)O)C5CCNC5)ccc34)n[nH]c2c1)C1CCNC1. The maximum absolute atomic E-state index is 12.3. The highest BCUT2D eigenvalue weighted by molar-refractivity contribution is 5.84. The summed E-state index contributed by atoms with van der Waals surface area (Å²) in [5.74, 6) is -3.39. The number of rotatable bonds is 18. The van der Waals surface area contributed by atoms with Crippen molar-refractivity contribution in [3.05, 3.63) is 88.4 Å². The first-order valence-corrected chi connectivity index (χ1v) is 21.6. The standard InChI is InChI=1S/C45H54N10O6/c56-43(57)34(28-7-10-46-19-28)13-25-1-4-31-37(16-25)49-52-40(31)22-55(23-41-32-5-2-26(17-38(32)50-53-41)14-35(44(58)59)29-8-11-47-20-29)24-42-33-6-3-27(18-39(33)51-54-42)15-36(45(60)61)30-9-12-48-21-30/h1-6,16-18,28-30,34-36,46-48H,7-15,19-24H2,(H,49,52)(H,50,53)(H,51,54)(H,56,57)(H,58,59)(H,60,61). The molecule has 9 N–H and O–H groups in total. The summed E-state index contributed by atoms with van der Waals surface area (Å²) in [5.41, 5.74) is 7.90. The molecule has 3 aromatic carbocycles. The summed E-state index contributed by atoms with van der Waals surface area (Å²) in [4.78, 5) is 39.0. The lowest BCUT2D eigenvalue weighted by Gasteiger charge is -2.20. The Morgan fingerprint density at radius 3 is 1.10 bits per heavy atom. The van der Waals surface area contributed by atoms with Gasteiger partial charge in [0.2, 0.25) is 0 Å². The van der Waals surface area contributed by atoms with Gasteiger partial charge in [0, 0.05) is 35.8 Å². The second kappa shape index (κ2) is 17.7. The summed E-state index contributed by atoms with van der Waals surface area (Å²) in [6.45, 7) is 6.04. The van der Waals surface area contributed by atoms with Crippen molar-refractivity contribution < 1.29 is 29.7 Å². The molecule has 0 aliphatic carbocycles. The minimum Gasteiger partial charge on any atom is -0.481 e. The molecule has 0 saturated carbocycles. The van der Waals surface area contributed by atoms with Crippen molar-refractivity contribution in [1.82, 2.24) is 51.4 Å². The normalized spacial score (nSPS) is 20.9. The minimum atomic E-state index is -0.767. The van der Waals surface area contributed by atoms with Crippen LogP contribution in [0.4, 0.5) is 0 Å². The van der Waals surface area contributed by atoms with Crippen molar-refractivity contribution in [3.8, 4) is 0 Å². The number of carboxylic acid groups (broad SMARTS) is 3. The number of fused-ring (bicyclic) bond motifs is 3. The lowest BCUT2D eigenvalue weighted by Crippen LogP contribution is -2.27. The van der Waals surface area contributed by atoms with Gasteiger partial charge in [-0.25, -0.2) is 0 Å². The first-order valence-electron chi connectivity index (χ1n) is 21.6. The first kappa shape index (κ1) is 40.7. The molecular formula is C45H54N10O6. The Kier molecular flexibility index (Phi) is 11.8. The second-order valence-electron chi connectivity index (χ2n) is 17.5. The molecule has 3 saturated heterocycles. The first-order chi connectivity index (χ1) is 29.7. The van der Waals surface area contributed by atoms with Gasteiger partial charge in [-0.1, -0.05) is 36.4 Å². The number of carboxylic acids is 3. The molecule has 6 aromatic rings. The quantitative estimate of drug-likeness (QED) is 0.0595. The molecule has 0 bridgehead atoms. The van der Waals surface area contributed by atoms with Crippen molar-refractivity contribution in [2.45, 2.75) is 58.2 Å². The van der Waals surface area contributed by atoms with Gasteiger partial charge in [0.25, 0.3) is 0 Å². The van der Waals surface area contributed by atoms with Gasteiger partial charge in [0.05, 0.1) is 51.4 Å². The molecule has 16 nitrogen and oxygen atoms in total. The van der Waals surface area contributed by atoms with E-state index in [1.807, 2.05) is 54.6 Å². The van der Waals surface area contributed by atoms with E-state index in [0.717, 1.165) is 125 Å². The molecule has 3 aliphatic heterocycles. The molecule has 6 atom stereocenters. The van der Waals surface area contributed by atoms with E-state index in [9.17, 15) is 29.7 Å². The topological polar surface area (TPSA) is 237 Å². The minimum absolute atomic E-state index is 0.0979. The number of carbonyl (C=O) groups is 3. The molecule has 3 aromatic heterocycles. The average molecular weight is 831 g/mol. The van der Waals surface area contributed by atoms with E-state index >= 15 is 0 Å². The van der Waals surface area contributed by atoms with Crippen LogP contribution in [0.15, 0.2) is 54.6 Å². The number of benzene rings is 3. The number of nitrogens with one attached hydrogen (secondary N) is 6. The van der Waals surface area contributed by atoms with Gasteiger partial charge in [-0.2, -0.15) is 15.3 Å². The molecule has 0 amide bonds. The Balaban J connectivity index is 0.981. The van der Waals surface area contributed by atoms with Crippen LogP contribution in [0.5, 0.6) is 0 Å². The maximum Gasteiger partial charge on any atom is 0.307 e. The summed E-state index contributed by atoms with van der Waals surface area (Å²) in [7, 11) is 0. The van der Waals surface area contributed by atoms with Crippen LogP contribution < -0.4 is 16.0 Å². The van der Waals surface area contributed by atoms with Crippen molar-refractivity contribution in [1.29, 1.82) is 0 Å². The Labute approximate surface area is 352 Å². The fourth-order valence-corrected chi connectivity index (χ4v) is 10.1. The summed E-state index contributed by atoms with van der Waals surface area (Å²) >= 11 is 0. The van der Waals surface area contributed by atoms with Gasteiger partial charge in [0.15, 0.2) is 0 Å². The Hall–Kier alpha value is -5.68. The van der Waals surface area contributed by atoms with Crippen molar-refractivity contribution in [2.24, 2.45) is 35.5 Å². The maximum atomic E-state index is 12.3. The van der Waals surface area contributed by atoms with E-state index in [2.05, 4.69) is 36.1 Å². The van der Waals surface area contributed by atoms with Crippen LogP contribution in [0.2, 0.25) is 0 Å². The van der Waals surface area contributed by atoms with E-state index in [-0.39, 0.29) is 17.8 Å². The molecule has 16 heteroatoms. The van der Waals surface area contributed by atoms with Crippen LogP contribution in [0.1, 0.15) is 53.0 Å². The molecule has 6 heterocycles. The van der Waals surface area contributed by atoms with Crippen LogP contribution >= 0.6 is 0 Å². The lowest BCUT2D eigenvalue weighted by atomic mass is 9.86. The number of aromatic amines is 3. The Morgan fingerprint density at radius 2 is 0.836 bits per heavy atom. The van der Waals surface area contributed by atoms with Crippen LogP contribution in [0.3, 0.4) is 0 Å². The number of H-pyrrole nitrogens is 3.